The predicted octanol–water partition coefficient (Wildman–Crippen LogP) is 7.34. The largest absolute Gasteiger partial charge is 0.473 e. The van der Waals surface area contributed by atoms with Crippen LogP contribution in [-0.4, -0.2) is 13.5 Å². The van der Waals surface area contributed by atoms with E-state index in [0.717, 1.165) is 45.1 Å². The Morgan fingerprint density at radius 2 is 1.11 bits per heavy atom. The molecule has 0 atom stereocenters. The molecule has 2 heterocycles. The van der Waals surface area contributed by atoms with E-state index in [4.69, 9.17) is 31.4 Å². The van der Waals surface area contributed by atoms with Crippen LogP contribution in [0, 0.1) is 24.7 Å². The van der Waals surface area contributed by atoms with E-state index < -0.39 is 7.60 Å². The van der Waals surface area contributed by atoms with Gasteiger partial charge in [-0.05, 0) is 84.9 Å². The quantitative estimate of drug-likeness (QED) is 0.139. The van der Waals surface area contributed by atoms with Crippen LogP contribution in [0.3, 0.4) is 0 Å². The van der Waals surface area contributed by atoms with Crippen molar-refractivity contribution in [1.29, 1.82) is 0 Å². The molecule has 5 aromatic rings. The summed E-state index contributed by atoms with van der Waals surface area (Å²) in [5.41, 5.74) is 5.25. The van der Waals surface area contributed by atoms with E-state index in [1.54, 1.807) is 36.4 Å². The first-order valence-electron chi connectivity index (χ1n) is 14.7. The second-order valence-electron chi connectivity index (χ2n) is 10.9. The average molecular weight is 625 g/mol. The van der Waals surface area contributed by atoms with Crippen LogP contribution in [-0.2, 0) is 17.7 Å². The fourth-order valence-electron chi connectivity index (χ4n) is 5.48. The minimum Gasteiger partial charge on any atom is -0.473 e. The lowest BCUT2D eigenvalue weighted by Gasteiger charge is -2.31. The zero-order chi connectivity index (χ0) is 31.5. The Morgan fingerprint density at radius 3 is 1.59 bits per heavy atom. The van der Waals surface area contributed by atoms with Crippen LogP contribution in [0.15, 0.2) is 115 Å². The lowest BCUT2D eigenvalue weighted by Crippen LogP contribution is -2.31. The number of fused-ring (bicyclic) bond motifs is 2. The fraction of sp³-hybridized carbons (Fsp3) is 0.105. The van der Waals surface area contributed by atoms with Gasteiger partial charge < -0.3 is 28.3 Å². The maximum atomic E-state index is 14.6. The third-order valence-corrected chi connectivity index (χ3v) is 9.65. The van der Waals surface area contributed by atoms with Crippen LogP contribution in [0.1, 0.15) is 22.3 Å². The molecule has 0 aliphatic carbocycles. The maximum absolute atomic E-state index is 14.6. The second kappa shape index (κ2) is 12.3. The summed E-state index contributed by atoms with van der Waals surface area (Å²) >= 11 is 0. The van der Waals surface area contributed by atoms with Crippen LogP contribution in [0.2, 0.25) is 0 Å². The molecular formula is C38H29N2O5P. The Bertz CT molecular complexity index is 1920. The van der Waals surface area contributed by atoms with Gasteiger partial charge in [0.15, 0.2) is 13.5 Å². The Kier molecular flexibility index (Phi) is 7.77. The highest BCUT2D eigenvalue weighted by atomic mass is 31.2. The first-order valence-corrected chi connectivity index (χ1v) is 16.2. The molecule has 5 aromatic carbocycles. The van der Waals surface area contributed by atoms with E-state index in [-0.39, 0.29) is 0 Å². The van der Waals surface area contributed by atoms with Crippen molar-refractivity contribution in [2.24, 2.45) is 0 Å². The van der Waals surface area contributed by atoms with Gasteiger partial charge in [0, 0.05) is 46.7 Å². The van der Waals surface area contributed by atoms with Crippen molar-refractivity contribution in [3.8, 4) is 47.7 Å². The number of ether oxygens (including phenoxy) is 2. The van der Waals surface area contributed by atoms with Crippen LogP contribution in [0.5, 0.6) is 23.0 Å². The summed E-state index contributed by atoms with van der Waals surface area (Å²) in [5, 5.41) is 0.429. The second-order valence-corrected chi connectivity index (χ2v) is 12.8. The molecule has 0 N–H and O–H groups in total. The molecule has 0 saturated heterocycles. The normalized spacial score (nSPS) is 13.6. The molecule has 2 aliphatic rings. The highest BCUT2D eigenvalue weighted by Gasteiger charge is 2.32. The van der Waals surface area contributed by atoms with Crippen molar-refractivity contribution in [3.05, 3.63) is 138 Å². The van der Waals surface area contributed by atoms with Gasteiger partial charge in [-0.25, -0.2) is 4.57 Å². The van der Waals surface area contributed by atoms with Crippen LogP contribution in [0.25, 0.3) is 0 Å². The van der Waals surface area contributed by atoms with Gasteiger partial charge in [-0.1, -0.05) is 42.2 Å². The van der Waals surface area contributed by atoms with Crippen molar-refractivity contribution < 1.29 is 23.1 Å². The maximum Gasteiger partial charge on any atom is 0.462 e. The van der Waals surface area contributed by atoms with E-state index in [9.17, 15) is 4.57 Å². The molecule has 7 nitrogen and oxygen atoms in total. The number of benzene rings is 5. The molecule has 0 aromatic heterocycles. The molecule has 226 valence electrons. The molecule has 0 saturated carbocycles. The van der Waals surface area contributed by atoms with Gasteiger partial charge in [0.1, 0.15) is 23.0 Å². The van der Waals surface area contributed by atoms with E-state index in [1.807, 2.05) is 78.9 Å². The first-order chi connectivity index (χ1) is 22.5. The van der Waals surface area contributed by atoms with Crippen LogP contribution < -0.4 is 33.6 Å². The smallest absolute Gasteiger partial charge is 0.462 e. The minimum absolute atomic E-state index is 0.377. The molecule has 0 unspecified atom stereocenters. The van der Waals surface area contributed by atoms with E-state index >= 15 is 0 Å². The SMILES string of the molecule is C#Cc1cccc(N2COc3ccc(OP(=O)(Oc4ccc5c(c4)CN(c4cccc(C#C)c4)CO5)c4ccccc4)cc3C2)c1. The van der Waals surface area contributed by atoms with Crippen molar-refractivity contribution in [2.75, 3.05) is 23.3 Å². The summed E-state index contributed by atoms with van der Waals surface area (Å²) in [7, 11) is -3.91. The fourth-order valence-corrected chi connectivity index (χ4v) is 7.05. The van der Waals surface area contributed by atoms with Gasteiger partial charge in [-0.3, -0.25) is 0 Å². The number of nitrogens with zero attached hydrogens (tertiary/aromatic N) is 2. The molecule has 7 rings (SSSR count). The summed E-state index contributed by atoms with van der Waals surface area (Å²) < 4.78 is 39.2. The lowest BCUT2D eigenvalue weighted by atomic mass is 10.1. The Morgan fingerprint density at radius 1 is 0.609 bits per heavy atom. The van der Waals surface area contributed by atoms with Gasteiger partial charge >= 0.3 is 7.60 Å². The molecule has 0 bridgehead atoms. The summed E-state index contributed by atoms with van der Waals surface area (Å²) in [5.74, 6) is 7.62. The van der Waals surface area contributed by atoms with Crippen molar-refractivity contribution >= 4 is 24.3 Å². The zero-order valence-electron chi connectivity index (χ0n) is 24.8. The number of rotatable bonds is 7. The number of hydrogen-bond donors (Lipinski definition) is 0. The molecule has 2 aliphatic heterocycles. The van der Waals surface area contributed by atoms with Crippen molar-refractivity contribution in [1.82, 2.24) is 0 Å². The van der Waals surface area contributed by atoms with Gasteiger partial charge in [-0.15, -0.1) is 12.8 Å². The van der Waals surface area contributed by atoms with E-state index in [0.29, 0.717) is 43.4 Å². The minimum atomic E-state index is -3.91. The predicted molar refractivity (Wildman–Crippen MR) is 180 cm³/mol. The third-order valence-electron chi connectivity index (χ3n) is 7.82. The van der Waals surface area contributed by atoms with Crippen molar-refractivity contribution in [3.63, 3.8) is 0 Å². The summed E-state index contributed by atoms with van der Waals surface area (Å²) in [6.07, 6.45) is 11.2. The highest BCUT2D eigenvalue weighted by Crippen LogP contribution is 2.49. The Hall–Kier alpha value is -5.75. The van der Waals surface area contributed by atoms with Crippen LogP contribution >= 0.6 is 7.60 Å². The Labute approximate surface area is 268 Å². The molecule has 0 radical (unpaired) electrons. The van der Waals surface area contributed by atoms with Gasteiger partial charge in [0.2, 0.25) is 0 Å². The molecular weight excluding hydrogens is 595 g/mol. The molecule has 0 spiro atoms. The van der Waals surface area contributed by atoms with E-state index in [1.165, 1.54) is 0 Å². The number of hydrogen-bond acceptors (Lipinski definition) is 7. The number of terminal acetylenes is 2. The first kappa shape index (κ1) is 29.0. The summed E-state index contributed by atoms with van der Waals surface area (Å²) in [4.78, 5) is 4.14. The molecule has 0 fully saturated rings. The number of anilines is 2. The average Bonchev–Trinajstić information content (AvgIpc) is 3.11. The molecule has 46 heavy (non-hydrogen) atoms. The van der Waals surface area contributed by atoms with Crippen molar-refractivity contribution in [2.45, 2.75) is 13.1 Å². The molecule has 8 heteroatoms. The lowest BCUT2D eigenvalue weighted by molar-refractivity contribution is 0.288. The topological polar surface area (TPSA) is 60.5 Å². The van der Waals surface area contributed by atoms with Gasteiger partial charge in [0.25, 0.3) is 0 Å². The monoisotopic (exact) mass is 624 g/mol. The summed E-state index contributed by atoms with van der Waals surface area (Å²) in [6, 6.07) is 35.3. The highest BCUT2D eigenvalue weighted by molar-refractivity contribution is 7.63. The molecule has 0 amide bonds. The third kappa shape index (κ3) is 5.97. The van der Waals surface area contributed by atoms with Gasteiger partial charge in [0.05, 0.1) is 5.30 Å². The van der Waals surface area contributed by atoms with Crippen LogP contribution in [0.4, 0.5) is 11.4 Å². The van der Waals surface area contributed by atoms with E-state index in [2.05, 4.69) is 21.6 Å². The summed E-state index contributed by atoms with van der Waals surface area (Å²) in [6.45, 7) is 1.87. The Balaban J connectivity index is 1.15. The zero-order valence-corrected chi connectivity index (χ0v) is 25.7. The standard InChI is InChI=1S/C38H29N2O5P/c1-3-28-10-8-12-32(20-28)39-24-30-22-34(16-18-37(30)42-26-39)44-46(41,36-14-6-5-7-15-36)45-35-17-19-38-31(23-35)25-40(27-43-38)33-13-9-11-29(4-2)21-33/h1-2,5-23H,24-27H2. The van der Waals surface area contributed by atoms with Gasteiger partial charge in [-0.2, -0.15) is 0 Å².